The topological polar surface area (TPSA) is 126 Å². The van der Waals surface area contributed by atoms with E-state index in [1.807, 2.05) is 0 Å². The zero-order chi connectivity index (χ0) is 24.2. The molecule has 0 amide bonds. The quantitative estimate of drug-likeness (QED) is 0.290. The van der Waals surface area contributed by atoms with Gasteiger partial charge in [-0.15, -0.1) is 0 Å². The van der Waals surface area contributed by atoms with Crippen LogP contribution in [-0.4, -0.2) is 50.1 Å². The SMILES string of the molecule is COC(=O)C1=C(C(OC)OC)NC(C)=C(C(=O)OC(C)(C)C)C1c1cccc([N+](=O)[O-])c1. The summed E-state index contributed by atoms with van der Waals surface area (Å²) in [6, 6.07) is 5.71. The van der Waals surface area contributed by atoms with Crippen LogP contribution in [0.2, 0.25) is 0 Å². The van der Waals surface area contributed by atoms with Gasteiger partial charge in [0.25, 0.3) is 5.69 Å². The van der Waals surface area contributed by atoms with E-state index in [2.05, 4.69) is 5.32 Å². The molecule has 0 aliphatic carbocycles. The lowest BCUT2D eigenvalue weighted by atomic mass is 9.80. The monoisotopic (exact) mass is 448 g/mol. The number of ether oxygens (including phenoxy) is 4. The van der Waals surface area contributed by atoms with Crippen molar-refractivity contribution in [3.8, 4) is 0 Å². The maximum atomic E-state index is 13.2. The minimum Gasteiger partial charge on any atom is -0.466 e. The third-order valence-electron chi connectivity index (χ3n) is 4.70. The van der Waals surface area contributed by atoms with Crippen LogP contribution < -0.4 is 5.32 Å². The lowest BCUT2D eigenvalue weighted by Crippen LogP contribution is -2.39. The van der Waals surface area contributed by atoms with Gasteiger partial charge in [0.05, 0.1) is 34.8 Å². The van der Waals surface area contributed by atoms with Gasteiger partial charge in [-0.2, -0.15) is 0 Å². The number of carbonyl (C=O) groups excluding carboxylic acids is 2. The molecule has 2 rings (SSSR count). The molecule has 1 aromatic rings. The number of allylic oxidation sites excluding steroid dienone is 1. The first kappa shape index (κ1) is 25.0. The van der Waals surface area contributed by atoms with Gasteiger partial charge in [-0.25, -0.2) is 9.59 Å². The maximum Gasteiger partial charge on any atom is 0.337 e. The average molecular weight is 448 g/mol. The predicted molar refractivity (Wildman–Crippen MR) is 114 cm³/mol. The molecule has 0 radical (unpaired) electrons. The molecule has 1 heterocycles. The van der Waals surface area contributed by atoms with Gasteiger partial charge in [-0.1, -0.05) is 12.1 Å². The zero-order valence-corrected chi connectivity index (χ0v) is 19.2. The summed E-state index contributed by atoms with van der Waals surface area (Å²) in [4.78, 5) is 37.0. The molecule has 0 bridgehead atoms. The number of dihydropyridines is 1. The van der Waals surface area contributed by atoms with E-state index in [-0.39, 0.29) is 22.5 Å². The Kier molecular flexibility index (Phi) is 7.76. The summed E-state index contributed by atoms with van der Waals surface area (Å²) in [6.45, 7) is 6.79. The van der Waals surface area contributed by atoms with Crippen molar-refractivity contribution in [2.45, 2.75) is 45.5 Å². The van der Waals surface area contributed by atoms with E-state index in [9.17, 15) is 19.7 Å². The summed E-state index contributed by atoms with van der Waals surface area (Å²) < 4.78 is 21.3. The van der Waals surface area contributed by atoms with Crippen molar-refractivity contribution in [1.82, 2.24) is 5.32 Å². The Morgan fingerprint density at radius 1 is 1.09 bits per heavy atom. The summed E-state index contributed by atoms with van der Waals surface area (Å²) in [5.41, 5.74) is 0.0892. The van der Waals surface area contributed by atoms with Crippen molar-refractivity contribution in [3.63, 3.8) is 0 Å². The van der Waals surface area contributed by atoms with E-state index in [0.29, 0.717) is 11.3 Å². The molecular weight excluding hydrogens is 420 g/mol. The Hall–Kier alpha value is -3.24. The van der Waals surface area contributed by atoms with Crippen molar-refractivity contribution in [1.29, 1.82) is 0 Å². The number of esters is 2. The van der Waals surface area contributed by atoms with Crippen molar-refractivity contribution in [2.75, 3.05) is 21.3 Å². The van der Waals surface area contributed by atoms with E-state index in [4.69, 9.17) is 18.9 Å². The van der Waals surface area contributed by atoms with E-state index in [0.717, 1.165) is 0 Å². The van der Waals surface area contributed by atoms with Gasteiger partial charge in [0.2, 0.25) is 0 Å². The molecule has 1 N–H and O–H groups in total. The van der Waals surface area contributed by atoms with Gasteiger partial charge < -0.3 is 24.3 Å². The highest BCUT2D eigenvalue weighted by Gasteiger charge is 2.42. The number of carbonyl (C=O) groups is 2. The lowest BCUT2D eigenvalue weighted by molar-refractivity contribution is -0.384. The number of nitrogens with one attached hydrogen (secondary N) is 1. The first-order valence-electron chi connectivity index (χ1n) is 9.78. The Labute approximate surface area is 186 Å². The number of nitro groups is 1. The van der Waals surface area contributed by atoms with Crippen LogP contribution in [-0.2, 0) is 28.5 Å². The minimum absolute atomic E-state index is 0.0214. The van der Waals surface area contributed by atoms with E-state index in [1.54, 1.807) is 33.8 Å². The number of hydrogen-bond acceptors (Lipinski definition) is 9. The molecule has 10 nitrogen and oxygen atoms in total. The van der Waals surface area contributed by atoms with Crippen LogP contribution in [0.3, 0.4) is 0 Å². The van der Waals surface area contributed by atoms with E-state index < -0.39 is 34.7 Å². The van der Waals surface area contributed by atoms with Crippen molar-refractivity contribution in [2.24, 2.45) is 0 Å². The fourth-order valence-corrected chi connectivity index (χ4v) is 3.46. The van der Waals surface area contributed by atoms with Crippen LogP contribution in [0.4, 0.5) is 5.69 Å². The fraction of sp³-hybridized carbons (Fsp3) is 0.455. The summed E-state index contributed by atoms with van der Waals surface area (Å²) in [6.07, 6.45) is -0.986. The zero-order valence-electron chi connectivity index (χ0n) is 19.2. The van der Waals surface area contributed by atoms with Crippen molar-refractivity contribution >= 4 is 17.6 Å². The van der Waals surface area contributed by atoms with Crippen LogP contribution in [0.5, 0.6) is 0 Å². The molecule has 0 aromatic heterocycles. The number of non-ortho nitro benzene ring substituents is 1. The maximum absolute atomic E-state index is 13.2. The van der Waals surface area contributed by atoms with Gasteiger partial charge in [-0.05, 0) is 33.3 Å². The third-order valence-corrected chi connectivity index (χ3v) is 4.70. The first-order chi connectivity index (χ1) is 14.9. The summed E-state index contributed by atoms with van der Waals surface area (Å²) in [5, 5.41) is 14.4. The standard InChI is InChI=1S/C22H28N2O8/c1-12-15(20(26)32-22(2,3)4)16(13-9-8-10-14(11-13)24(27)28)17(19(25)29-5)18(23-12)21(30-6)31-7/h8-11,16,21,23H,1-7H3. The number of nitro benzene ring substituents is 1. The number of hydrogen-bond donors (Lipinski definition) is 1. The summed E-state index contributed by atoms with van der Waals surface area (Å²) >= 11 is 0. The normalized spacial score (nSPS) is 16.7. The van der Waals surface area contributed by atoms with Gasteiger partial charge in [-0.3, -0.25) is 10.1 Å². The first-order valence-corrected chi connectivity index (χ1v) is 9.78. The molecule has 32 heavy (non-hydrogen) atoms. The van der Waals surface area contributed by atoms with Crippen LogP contribution in [0.15, 0.2) is 46.8 Å². The summed E-state index contributed by atoms with van der Waals surface area (Å²) in [5.74, 6) is -2.45. The van der Waals surface area contributed by atoms with Gasteiger partial charge in [0, 0.05) is 32.0 Å². The van der Waals surface area contributed by atoms with Gasteiger partial charge in [0.1, 0.15) is 5.60 Å². The smallest absolute Gasteiger partial charge is 0.337 e. The van der Waals surface area contributed by atoms with Crippen molar-refractivity contribution < 1.29 is 33.5 Å². The average Bonchev–Trinajstić information content (AvgIpc) is 2.72. The second-order valence-electron chi connectivity index (χ2n) is 8.07. The Morgan fingerprint density at radius 3 is 2.22 bits per heavy atom. The van der Waals surface area contributed by atoms with Crippen LogP contribution in [0.25, 0.3) is 0 Å². The molecule has 1 aliphatic rings. The molecule has 0 spiro atoms. The molecule has 10 heteroatoms. The highest BCUT2D eigenvalue weighted by Crippen LogP contribution is 2.41. The largest absolute Gasteiger partial charge is 0.466 e. The minimum atomic E-state index is -1.03. The Balaban J connectivity index is 2.84. The number of benzene rings is 1. The summed E-state index contributed by atoms with van der Waals surface area (Å²) in [7, 11) is 3.98. The van der Waals surface area contributed by atoms with Crippen LogP contribution >= 0.6 is 0 Å². The van der Waals surface area contributed by atoms with Gasteiger partial charge >= 0.3 is 11.9 Å². The molecule has 174 valence electrons. The molecule has 1 aliphatic heterocycles. The van der Waals surface area contributed by atoms with E-state index >= 15 is 0 Å². The molecule has 0 saturated carbocycles. The Morgan fingerprint density at radius 2 is 1.72 bits per heavy atom. The third kappa shape index (κ3) is 5.32. The Bertz CT molecular complexity index is 970. The van der Waals surface area contributed by atoms with Gasteiger partial charge in [0.15, 0.2) is 6.29 Å². The highest BCUT2D eigenvalue weighted by molar-refractivity contribution is 6.00. The fourth-order valence-electron chi connectivity index (χ4n) is 3.46. The molecule has 1 unspecified atom stereocenters. The van der Waals surface area contributed by atoms with Crippen LogP contribution in [0, 0.1) is 10.1 Å². The lowest BCUT2D eigenvalue weighted by Gasteiger charge is -2.34. The molecule has 0 saturated heterocycles. The number of rotatable bonds is 7. The molecule has 0 fully saturated rings. The highest BCUT2D eigenvalue weighted by atomic mass is 16.7. The van der Waals surface area contributed by atoms with E-state index in [1.165, 1.54) is 39.5 Å². The number of methoxy groups -OCH3 is 3. The second-order valence-corrected chi connectivity index (χ2v) is 8.07. The predicted octanol–water partition coefficient (Wildman–Crippen LogP) is 2.94. The molecule has 1 aromatic carbocycles. The molecule has 1 atom stereocenters. The second kappa shape index (κ2) is 9.92. The number of nitrogens with zero attached hydrogens (tertiary/aromatic N) is 1. The molecular formula is C22H28N2O8. The van der Waals surface area contributed by atoms with Crippen molar-refractivity contribution in [3.05, 3.63) is 62.5 Å². The van der Waals surface area contributed by atoms with Crippen LogP contribution in [0.1, 0.15) is 39.2 Å².